The molecule has 4 N–H and O–H groups in total. The van der Waals surface area contributed by atoms with E-state index < -0.39 is 6.10 Å². The Bertz CT molecular complexity index is 2060. The second kappa shape index (κ2) is 18.8. The molecule has 6 rings (SSSR count). The van der Waals surface area contributed by atoms with E-state index in [0.29, 0.717) is 67.7 Å². The van der Waals surface area contributed by atoms with Crippen LogP contribution >= 0.6 is 11.3 Å². The van der Waals surface area contributed by atoms with Gasteiger partial charge in [0.1, 0.15) is 11.4 Å². The second-order valence-corrected chi connectivity index (χ2v) is 15.1. The number of hydrogen-bond acceptors (Lipinski definition) is 11. The van der Waals surface area contributed by atoms with Gasteiger partial charge in [-0.25, -0.2) is 4.98 Å². The fourth-order valence-corrected chi connectivity index (χ4v) is 7.88. The molecule has 0 bridgehead atoms. The SMILES string of the molecule is CC#Cc1nc(C(=O)N2CCOC3(CCN(Cc4cccc(CCOCCC(=O)N(C)CCNCC(O)c5ccc(O)c6[nH]c(=O)ccc56)c4)CC3)C2)cs1. The highest BCUT2D eigenvalue weighted by Crippen LogP contribution is 2.32. The summed E-state index contributed by atoms with van der Waals surface area (Å²) in [6.45, 7) is 8.13. The molecule has 2 fully saturated rings. The van der Waals surface area contributed by atoms with Crippen molar-refractivity contribution in [3.63, 3.8) is 0 Å². The van der Waals surface area contributed by atoms with Crippen LogP contribution < -0.4 is 10.9 Å². The molecule has 14 heteroatoms. The first-order valence-electron chi connectivity index (χ1n) is 18.8. The van der Waals surface area contributed by atoms with Crippen LogP contribution in [-0.2, 0) is 27.2 Å². The number of aromatic nitrogens is 2. The van der Waals surface area contributed by atoms with Gasteiger partial charge in [0, 0.05) is 69.7 Å². The van der Waals surface area contributed by atoms with Gasteiger partial charge in [0.25, 0.3) is 5.91 Å². The molecule has 4 aromatic rings. The molecule has 0 saturated carbocycles. The van der Waals surface area contributed by atoms with Crippen molar-refractivity contribution in [1.29, 1.82) is 0 Å². The van der Waals surface area contributed by atoms with Crippen LogP contribution in [0, 0.1) is 11.8 Å². The molecular weight excluding hydrogens is 721 g/mol. The molecule has 1 unspecified atom stereocenters. The number of aliphatic hydroxyl groups excluding tert-OH is 1. The number of aromatic amines is 1. The third-order valence-electron chi connectivity index (χ3n) is 10.3. The largest absolute Gasteiger partial charge is 0.506 e. The van der Waals surface area contributed by atoms with Crippen molar-refractivity contribution < 1.29 is 29.3 Å². The van der Waals surface area contributed by atoms with E-state index in [9.17, 15) is 24.6 Å². The molecule has 2 amide bonds. The maximum atomic E-state index is 13.2. The van der Waals surface area contributed by atoms with E-state index in [1.165, 1.54) is 34.6 Å². The fraction of sp³-hybridized carbons (Fsp3) is 0.463. The molecule has 2 aliphatic rings. The number of nitrogens with one attached hydrogen (secondary N) is 2. The number of amides is 2. The Morgan fingerprint density at radius 2 is 1.96 bits per heavy atom. The van der Waals surface area contributed by atoms with E-state index >= 15 is 0 Å². The first-order chi connectivity index (χ1) is 26.6. The molecule has 292 valence electrons. The zero-order chi connectivity index (χ0) is 38.8. The van der Waals surface area contributed by atoms with Gasteiger partial charge in [0.15, 0.2) is 5.01 Å². The van der Waals surface area contributed by atoms with Gasteiger partial charge >= 0.3 is 0 Å². The number of phenolic OH excluding ortho intramolecular Hbond substituents is 1. The number of benzene rings is 2. The highest BCUT2D eigenvalue weighted by molar-refractivity contribution is 7.10. The maximum Gasteiger partial charge on any atom is 0.273 e. The molecule has 1 atom stereocenters. The van der Waals surface area contributed by atoms with Crippen molar-refractivity contribution in [3.05, 3.63) is 91.7 Å². The number of carbonyl (C=O) groups excluding carboxylic acids is 2. The van der Waals surface area contributed by atoms with Crippen molar-refractivity contribution in [3.8, 4) is 17.6 Å². The average molecular weight is 771 g/mol. The summed E-state index contributed by atoms with van der Waals surface area (Å²) in [5, 5.41) is 27.0. The normalized spacial score (nSPS) is 16.2. The number of H-pyrrole nitrogens is 1. The van der Waals surface area contributed by atoms with Gasteiger partial charge in [0.2, 0.25) is 11.5 Å². The van der Waals surface area contributed by atoms with Crippen molar-refractivity contribution in [2.45, 2.75) is 50.9 Å². The highest BCUT2D eigenvalue weighted by Gasteiger charge is 2.41. The lowest BCUT2D eigenvalue weighted by Gasteiger charge is -2.47. The third kappa shape index (κ3) is 10.6. The lowest BCUT2D eigenvalue weighted by Crippen LogP contribution is -2.58. The standard InChI is InChI=1S/C41H50N6O7S/c1-3-5-37-43-33(27-55-37)40(52)47-20-23-54-41(28-47)14-17-46(18-15-41)26-30-7-4-6-29(24-30)12-21-53-22-13-38(51)45(2)19-16-42-25-35(49)31-8-10-34(48)39-32(31)9-11-36(50)44-39/h4,6-11,24,27,35,42,48-49H,12-23,25-26,28H2,1-2H3,(H,44,50). The van der Waals surface area contributed by atoms with Crippen LogP contribution in [0.5, 0.6) is 5.75 Å². The van der Waals surface area contributed by atoms with Crippen molar-refractivity contribution in [2.75, 3.05) is 72.7 Å². The molecular formula is C41H50N6O7S. The van der Waals surface area contributed by atoms with E-state index in [0.717, 1.165) is 38.9 Å². The first-order valence-corrected chi connectivity index (χ1v) is 19.7. The van der Waals surface area contributed by atoms with Crippen LogP contribution in [0.3, 0.4) is 0 Å². The summed E-state index contributed by atoms with van der Waals surface area (Å²) in [4.78, 5) is 50.5. The number of likely N-dealkylation sites (tertiary alicyclic amines) is 1. The van der Waals surface area contributed by atoms with Crippen LogP contribution in [0.1, 0.15) is 64.5 Å². The van der Waals surface area contributed by atoms with Crippen LogP contribution in [0.4, 0.5) is 0 Å². The van der Waals surface area contributed by atoms with E-state index in [1.807, 2.05) is 4.90 Å². The number of phenols is 1. The minimum absolute atomic E-state index is 0.0186. The van der Waals surface area contributed by atoms with Crippen molar-refractivity contribution in [2.24, 2.45) is 0 Å². The molecule has 2 aromatic carbocycles. The average Bonchev–Trinajstić information content (AvgIpc) is 3.66. The Morgan fingerprint density at radius 1 is 1.15 bits per heavy atom. The number of thiazole rings is 1. The summed E-state index contributed by atoms with van der Waals surface area (Å²) >= 11 is 1.40. The summed E-state index contributed by atoms with van der Waals surface area (Å²) in [5.74, 6) is 5.65. The van der Waals surface area contributed by atoms with E-state index in [4.69, 9.17) is 9.47 Å². The van der Waals surface area contributed by atoms with Gasteiger partial charge < -0.3 is 39.8 Å². The van der Waals surface area contributed by atoms with Gasteiger partial charge in [-0.2, -0.15) is 0 Å². The van der Waals surface area contributed by atoms with Gasteiger partial charge in [-0.3, -0.25) is 19.3 Å². The smallest absolute Gasteiger partial charge is 0.273 e. The van der Waals surface area contributed by atoms with Crippen LogP contribution in [0.15, 0.2) is 58.7 Å². The monoisotopic (exact) mass is 770 g/mol. The lowest BCUT2D eigenvalue weighted by atomic mass is 9.89. The summed E-state index contributed by atoms with van der Waals surface area (Å²) in [6, 6.07) is 14.6. The number of hydrogen-bond donors (Lipinski definition) is 4. The third-order valence-corrected chi connectivity index (χ3v) is 11.1. The van der Waals surface area contributed by atoms with E-state index in [1.54, 1.807) is 36.4 Å². The van der Waals surface area contributed by atoms with Crippen LogP contribution in [0.2, 0.25) is 0 Å². The summed E-state index contributed by atoms with van der Waals surface area (Å²) in [5.41, 5.74) is 3.12. The number of ether oxygens (including phenoxy) is 2. The summed E-state index contributed by atoms with van der Waals surface area (Å²) < 4.78 is 12.1. The van der Waals surface area contributed by atoms with Crippen molar-refractivity contribution in [1.82, 2.24) is 30.0 Å². The number of morpholine rings is 1. The Hall–Kier alpha value is -4.62. The molecule has 1 spiro atoms. The Kier molecular flexibility index (Phi) is 13.7. The number of piperidine rings is 1. The van der Waals surface area contributed by atoms with Crippen molar-refractivity contribution >= 4 is 34.1 Å². The molecule has 55 heavy (non-hydrogen) atoms. The van der Waals surface area contributed by atoms with Crippen LogP contribution in [-0.4, -0.2) is 125 Å². The number of fused-ring (bicyclic) bond motifs is 1. The Labute approximate surface area is 325 Å². The van der Waals surface area contributed by atoms with Gasteiger partial charge in [-0.05, 0) is 60.9 Å². The number of aromatic hydroxyl groups is 1. The summed E-state index contributed by atoms with van der Waals surface area (Å²) in [6.07, 6.45) is 1.90. The molecule has 13 nitrogen and oxygen atoms in total. The predicted octanol–water partition coefficient (Wildman–Crippen LogP) is 3.30. The molecule has 4 heterocycles. The minimum Gasteiger partial charge on any atom is -0.506 e. The highest BCUT2D eigenvalue weighted by atomic mass is 32.1. The quantitative estimate of drug-likeness (QED) is 0.104. The zero-order valence-corrected chi connectivity index (χ0v) is 32.3. The molecule has 2 aliphatic heterocycles. The van der Waals surface area contributed by atoms with Gasteiger partial charge in [-0.1, -0.05) is 36.3 Å². The molecule has 0 radical (unpaired) electrons. The van der Waals surface area contributed by atoms with Gasteiger partial charge in [-0.15, -0.1) is 11.3 Å². The zero-order valence-electron chi connectivity index (χ0n) is 31.5. The minimum atomic E-state index is -0.866. The number of pyridine rings is 1. The van der Waals surface area contributed by atoms with Crippen LogP contribution in [0.25, 0.3) is 10.9 Å². The number of nitrogens with zero attached hydrogens (tertiary/aromatic N) is 4. The predicted molar refractivity (Wildman–Crippen MR) is 211 cm³/mol. The number of carbonyl (C=O) groups is 2. The molecule has 0 aliphatic carbocycles. The summed E-state index contributed by atoms with van der Waals surface area (Å²) in [7, 11) is 1.75. The number of aliphatic hydroxyl groups is 1. The molecule has 2 saturated heterocycles. The fourth-order valence-electron chi connectivity index (χ4n) is 7.19. The Balaban J connectivity index is 0.855. The first kappa shape index (κ1) is 40.1. The lowest BCUT2D eigenvalue weighted by molar-refractivity contribution is -0.131. The molecule has 2 aromatic heterocycles. The van der Waals surface area contributed by atoms with E-state index in [2.05, 4.69) is 56.3 Å². The second-order valence-electron chi connectivity index (χ2n) is 14.2. The van der Waals surface area contributed by atoms with Gasteiger partial charge in [0.05, 0.1) is 50.0 Å². The van der Waals surface area contributed by atoms with E-state index in [-0.39, 0.29) is 47.2 Å². The topological polar surface area (TPSA) is 161 Å². The number of rotatable bonds is 15. The maximum absolute atomic E-state index is 13.2. The number of likely N-dealkylation sites (N-methyl/N-ethyl adjacent to an activating group) is 1. The Morgan fingerprint density at radius 3 is 2.78 bits per heavy atom.